The maximum Gasteiger partial charge on any atom is 0.314 e. The van der Waals surface area contributed by atoms with E-state index in [1.807, 2.05) is 13.1 Å². The number of benzene rings is 1. The smallest absolute Gasteiger partial charge is 0.314 e. The highest BCUT2D eigenvalue weighted by atomic mass is 32.1. The van der Waals surface area contributed by atoms with E-state index in [1.165, 1.54) is 17.4 Å². The van der Waals surface area contributed by atoms with Crippen LogP contribution in [-0.4, -0.2) is 25.8 Å². The number of aliphatic carboxylic acids is 1. The zero-order chi connectivity index (χ0) is 17.8. The van der Waals surface area contributed by atoms with E-state index in [9.17, 15) is 14.3 Å². The molecule has 7 heteroatoms. The Morgan fingerprint density at radius 2 is 2.16 bits per heavy atom. The van der Waals surface area contributed by atoms with Crippen molar-refractivity contribution in [2.75, 3.05) is 0 Å². The summed E-state index contributed by atoms with van der Waals surface area (Å²) in [4.78, 5) is 17.8. The van der Waals surface area contributed by atoms with Gasteiger partial charge in [-0.25, -0.2) is 9.37 Å². The summed E-state index contributed by atoms with van der Waals surface area (Å²) in [6, 6.07) is 6.53. The van der Waals surface area contributed by atoms with Crippen molar-refractivity contribution in [1.82, 2.24) is 14.8 Å². The molecule has 0 aliphatic heterocycles. The van der Waals surface area contributed by atoms with Crippen molar-refractivity contribution in [1.29, 1.82) is 0 Å². The lowest BCUT2D eigenvalue weighted by Crippen LogP contribution is -2.37. The SMILES string of the molecule is Cc1c(F)cccc1[C@]1(C(=O)O)Cc2nc(-c3ccnn3C)sc2C1. The van der Waals surface area contributed by atoms with Gasteiger partial charge in [0.1, 0.15) is 16.2 Å². The van der Waals surface area contributed by atoms with Gasteiger partial charge in [0.05, 0.1) is 11.4 Å². The quantitative estimate of drug-likeness (QED) is 0.782. The van der Waals surface area contributed by atoms with E-state index in [-0.39, 0.29) is 12.2 Å². The zero-order valence-corrected chi connectivity index (χ0v) is 14.6. The molecule has 0 saturated carbocycles. The number of halogens is 1. The predicted octanol–water partition coefficient (Wildman–Crippen LogP) is 3.11. The van der Waals surface area contributed by atoms with Gasteiger partial charge < -0.3 is 5.11 Å². The van der Waals surface area contributed by atoms with Gasteiger partial charge in [0, 0.05) is 31.0 Å². The molecule has 25 heavy (non-hydrogen) atoms. The summed E-state index contributed by atoms with van der Waals surface area (Å²) >= 11 is 1.49. The minimum absolute atomic E-state index is 0.274. The van der Waals surface area contributed by atoms with Crippen molar-refractivity contribution >= 4 is 17.3 Å². The van der Waals surface area contributed by atoms with Crippen LogP contribution in [0.4, 0.5) is 4.39 Å². The minimum atomic E-state index is -1.15. The van der Waals surface area contributed by atoms with Crippen LogP contribution >= 0.6 is 11.3 Å². The fourth-order valence-electron chi connectivity index (χ4n) is 3.56. The van der Waals surface area contributed by atoms with Gasteiger partial charge in [0.2, 0.25) is 0 Å². The van der Waals surface area contributed by atoms with Gasteiger partial charge in [-0.2, -0.15) is 5.10 Å². The maximum atomic E-state index is 14.0. The van der Waals surface area contributed by atoms with Crippen LogP contribution in [0.1, 0.15) is 21.7 Å². The van der Waals surface area contributed by atoms with Gasteiger partial charge in [-0.3, -0.25) is 9.48 Å². The molecule has 0 bridgehead atoms. The first-order chi connectivity index (χ1) is 11.9. The summed E-state index contributed by atoms with van der Waals surface area (Å²) in [6.45, 7) is 1.64. The fraction of sp³-hybridized carbons (Fsp3) is 0.278. The molecule has 1 atom stereocenters. The highest BCUT2D eigenvalue weighted by Crippen LogP contribution is 2.45. The van der Waals surface area contributed by atoms with E-state index < -0.39 is 11.4 Å². The molecule has 0 saturated heterocycles. The highest BCUT2D eigenvalue weighted by molar-refractivity contribution is 7.15. The second kappa shape index (κ2) is 5.49. The molecule has 0 fully saturated rings. The molecule has 0 unspecified atom stereocenters. The molecule has 1 aliphatic carbocycles. The molecule has 2 aromatic heterocycles. The van der Waals surface area contributed by atoms with Crippen LogP contribution in [0.15, 0.2) is 30.5 Å². The summed E-state index contributed by atoms with van der Waals surface area (Å²) in [7, 11) is 1.85. The molecule has 1 N–H and O–H groups in total. The number of nitrogens with zero attached hydrogens (tertiary/aromatic N) is 3. The van der Waals surface area contributed by atoms with Crippen LogP contribution in [0.2, 0.25) is 0 Å². The predicted molar refractivity (Wildman–Crippen MR) is 92.2 cm³/mol. The van der Waals surface area contributed by atoms with Crippen LogP contribution in [0.3, 0.4) is 0 Å². The Morgan fingerprint density at radius 1 is 1.36 bits per heavy atom. The largest absolute Gasteiger partial charge is 0.481 e. The van der Waals surface area contributed by atoms with Crippen LogP contribution < -0.4 is 0 Å². The van der Waals surface area contributed by atoms with Gasteiger partial charge in [-0.1, -0.05) is 12.1 Å². The molecular formula is C18H16FN3O2S. The van der Waals surface area contributed by atoms with Crippen LogP contribution in [-0.2, 0) is 30.1 Å². The Hall–Kier alpha value is -2.54. The summed E-state index contributed by atoms with van der Waals surface area (Å²) in [5.41, 5.74) is 1.47. The summed E-state index contributed by atoms with van der Waals surface area (Å²) in [5.74, 6) is -1.31. The zero-order valence-electron chi connectivity index (χ0n) is 13.8. The Balaban J connectivity index is 1.77. The van der Waals surface area contributed by atoms with E-state index in [2.05, 4.69) is 10.1 Å². The lowest BCUT2D eigenvalue weighted by Gasteiger charge is -2.26. The maximum absolute atomic E-state index is 14.0. The molecule has 3 aromatic rings. The van der Waals surface area contributed by atoms with Gasteiger partial charge in [0.15, 0.2) is 0 Å². The molecule has 0 radical (unpaired) electrons. The van der Waals surface area contributed by atoms with E-state index in [4.69, 9.17) is 0 Å². The van der Waals surface area contributed by atoms with E-state index >= 15 is 0 Å². The van der Waals surface area contributed by atoms with Crippen molar-refractivity contribution in [3.05, 3.63) is 58.0 Å². The second-order valence-electron chi connectivity index (χ2n) is 6.38. The van der Waals surface area contributed by atoms with Gasteiger partial charge in [0.25, 0.3) is 0 Å². The summed E-state index contributed by atoms with van der Waals surface area (Å²) in [5, 5.41) is 14.9. The third-order valence-corrected chi connectivity index (χ3v) is 6.06. The minimum Gasteiger partial charge on any atom is -0.481 e. The van der Waals surface area contributed by atoms with Crippen LogP contribution in [0, 0.1) is 12.7 Å². The van der Waals surface area contributed by atoms with Crippen molar-refractivity contribution in [2.24, 2.45) is 7.05 Å². The molecule has 5 nitrogen and oxygen atoms in total. The standard InChI is InChI=1S/C18H16FN3O2S/c1-10-11(4-3-5-12(10)19)18(17(23)24)8-13-15(9-18)25-16(21-13)14-6-7-20-22(14)2/h3-7H,8-9H2,1-2H3,(H,23,24)/t18-/m0/s1. The number of carboxylic acid groups (broad SMARTS) is 1. The van der Waals surface area contributed by atoms with Crippen molar-refractivity contribution in [3.8, 4) is 10.7 Å². The molecule has 128 valence electrons. The van der Waals surface area contributed by atoms with Gasteiger partial charge in [-0.05, 0) is 30.2 Å². The highest BCUT2D eigenvalue weighted by Gasteiger charge is 2.48. The van der Waals surface area contributed by atoms with Gasteiger partial charge >= 0.3 is 5.97 Å². The lowest BCUT2D eigenvalue weighted by atomic mass is 9.76. The Kier molecular flexibility index (Phi) is 3.50. The van der Waals surface area contributed by atoms with Gasteiger partial charge in [-0.15, -0.1) is 11.3 Å². The normalized spacial score (nSPS) is 19.2. The number of aryl methyl sites for hydroxylation is 1. The fourth-order valence-corrected chi connectivity index (χ4v) is 4.81. The number of aromatic nitrogens is 3. The topological polar surface area (TPSA) is 68.0 Å². The Bertz CT molecular complexity index is 969. The average Bonchev–Trinajstić information content (AvgIpc) is 3.22. The van der Waals surface area contributed by atoms with Crippen LogP contribution in [0.5, 0.6) is 0 Å². The van der Waals surface area contributed by atoms with Crippen LogP contribution in [0.25, 0.3) is 10.7 Å². The second-order valence-corrected chi connectivity index (χ2v) is 7.47. The molecule has 0 spiro atoms. The van der Waals surface area contributed by atoms with Crippen molar-refractivity contribution < 1.29 is 14.3 Å². The van der Waals surface area contributed by atoms with E-state index in [1.54, 1.807) is 29.9 Å². The molecule has 0 amide bonds. The number of carboxylic acids is 1. The lowest BCUT2D eigenvalue weighted by molar-refractivity contribution is -0.143. The first kappa shape index (κ1) is 16.0. The number of hydrogen-bond donors (Lipinski definition) is 1. The number of hydrogen-bond acceptors (Lipinski definition) is 4. The number of rotatable bonds is 3. The molecule has 2 heterocycles. The molecular weight excluding hydrogens is 341 g/mol. The number of carbonyl (C=O) groups is 1. The first-order valence-electron chi connectivity index (χ1n) is 7.88. The monoisotopic (exact) mass is 357 g/mol. The average molecular weight is 357 g/mol. The summed E-state index contributed by atoms with van der Waals surface area (Å²) in [6.07, 6.45) is 2.31. The van der Waals surface area contributed by atoms with Crippen molar-refractivity contribution in [2.45, 2.75) is 25.2 Å². The number of thiazole rings is 1. The third-order valence-electron chi connectivity index (χ3n) is 4.94. The number of fused-ring (bicyclic) bond motifs is 1. The Morgan fingerprint density at radius 3 is 2.80 bits per heavy atom. The van der Waals surface area contributed by atoms with E-state index in [0.29, 0.717) is 17.5 Å². The third kappa shape index (κ3) is 2.30. The van der Waals surface area contributed by atoms with Crippen molar-refractivity contribution in [3.63, 3.8) is 0 Å². The molecule has 1 aromatic carbocycles. The Labute approximate surface area is 147 Å². The molecule has 4 rings (SSSR count). The van der Waals surface area contributed by atoms with E-state index in [0.717, 1.165) is 21.3 Å². The summed E-state index contributed by atoms with van der Waals surface area (Å²) < 4.78 is 15.7. The molecule has 1 aliphatic rings. The first-order valence-corrected chi connectivity index (χ1v) is 8.70.